The van der Waals surface area contributed by atoms with Crippen molar-refractivity contribution in [1.82, 2.24) is 20.1 Å². The Morgan fingerprint density at radius 1 is 1.05 bits per heavy atom. The number of hydrogen-bond acceptors (Lipinski definition) is 5. The number of nitrogens with zero attached hydrogens (tertiary/aromatic N) is 4. The van der Waals surface area contributed by atoms with Crippen molar-refractivity contribution in [3.8, 4) is 0 Å². The van der Waals surface area contributed by atoms with Crippen LogP contribution in [0.1, 0.15) is 42.9 Å². The largest absolute Gasteiger partial charge is 0.378 e. The number of carbonyl (C=O) groups excluding carboxylic acids is 2. The zero-order chi connectivity index (χ0) is 28.1. The fourth-order valence-electron chi connectivity index (χ4n) is 5.67. The van der Waals surface area contributed by atoms with Gasteiger partial charge in [0.2, 0.25) is 11.8 Å². The normalized spacial score (nSPS) is 17.8. The molecule has 0 unspecified atom stereocenters. The molecule has 8 nitrogen and oxygen atoms in total. The summed E-state index contributed by atoms with van der Waals surface area (Å²) in [6.07, 6.45) is 6.44. The highest BCUT2D eigenvalue weighted by molar-refractivity contribution is 7.80. The first kappa shape index (κ1) is 27.6. The third kappa shape index (κ3) is 5.94. The van der Waals surface area contributed by atoms with Crippen LogP contribution in [-0.4, -0.2) is 64.4 Å². The van der Waals surface area contributed by atoms with Gasteiger partial charge in [-0.2, -0.15) is 0 Å². The molecule has 40 heavy (non-hydrogen) atoms. The molecule has 208 valence electrons. The summed E-state index contributed by atoms with van der Waals surface area (Å²) in [7, 11) is 3.96. The molecule has 2 heterocycles. The predicted octanol–water partition coefficient (Wildman–Crippen LogP) is 4.36. The SMILES string of the molecule is CN(C)c1ccc(NC(=O)C2(N(Cc3cccnc3)C(=O)CN3C[C@@H](c4ccccc4)NC3=S)CCCC2)cc1. The van der Waals surface area contributed by atoms with Crippen LogP contribution in [0.2, 0.25) is 0 Å². The Labute approximate surface area is 241 Å². The Bertz CT molecular complexity index is 1330. The van der Waals surface area contributed by atoms with Gasteiger partial charge in [0.05, 0.1) is 12.6 Å². The van der Waals surface area contributed by atoms with Crippen LogP contribution in [0.4, 0.5) is 11.4 Å². The molecule has 2 aliphatic rings. The number of pyridine rings is 1. The predicted molar refractivity (Wildman–Crippen MR) is 162 cm³/mol. The van der Waals surface area contributed by atoms with Crippen molar-refractivity contribution in [3.05, 3.63) is 90.3 Å². The van der Waals surface area contributed by atoms with Crippen LogP contribution in [0.5, 0.6) is 0 Å². The van der Waals surface area contributed by atoms with Crippen LogP contribution < -0.4 is 15.5 Å². The van der Waals surface area contributed by atoms with E-state index in [0.29, 0.717) is 36.7 Å². The summed E-state index contributed by atoms with van der Waals surface area (Å²) in [6, 6.07) is 21.7. The van der Waals surface area contributed by atoms with Gasteiger partial charge in [-0.1, -0.05) is 49.2 Å². The smallest absolute Gasteiger partial charge is 0.250 e. The molecule has 1 aliphatic heterocycles. The van der Waals surface area contributed by atoms with Crippen LogP contribution in [0.3, 0.4) is 0 Å². The fourth-order valence-corrected chi connectivity index (χ4v) is 5.95. The Kier molecular flexibility index (Phi) is 8.30. The topological polar surface area (TPSA) is 80.8 Å². The van der Waals surface area contributed by atoms with Crippen LogP contribution in [0.15, 0.2) is 79.1 Å². The van der Waals surface area contributed by atoms with Gasteiger partial charge in [0.15, 0.2) is 5.11 Å². The lowest BCUT2D eigenvalue weighted by molar-refractivity contribution is -0.146. The number of hydrogen-bond donors (Lipinski definition) is 2. The number of thiocarbonyl (C=S) groups is 1. The molecular weight excluding hydrogens is 520 g/mol. The van der Waals surface area contributed by atoms with Gasteiger partial charge in [-0.15, -0.1) is 0 Å². The second kappa shape index (κ2) is 12.0. The van der Waals surface area contributed by atoms with Crippen molar-refractivity contribution in [2.24, 2.45) is 0 Å². The third-order valence-corrected chi connectivity index (χ3v) is 8.27. The lowest BCUT2D eigenvalue weighted by Gasteiger charge is -2.41. The minimum absolute atomic E-state index is 0.0159. The summed E-state index contributed by atoms with van der Waals surface area (Å²) >= 11 is 5.63. The van der Waals surface area contributed by atoms with E-state index < -0.39 is 5.54 Å². The standard InChI is InChI=1S/C31H36N6O2S/c1-35(2)26-14-12-25(13-15-26)33-29(39)31(16-6-7-17-31)37(20-23-9-8-18-32-19-23)28(38)22-36-21-27(34-30(36)40)24-10-4-3-5-11-24/h3-5,8-15,18-19,27H,6-7,16-17,20-22H2,1-2H3,(H,33,39)(H,34,40)/t27-/m0/s1. The second-order valence-corrected chi connectivity index (χ2v) is 11.2. The van der Waals surface area contributed by atoms with E-state index in [1.165, 1.54) is 0 Å². The summed E-state index contributed by atoms with van der Waals surface area (Å²) in [5, 5.41) is 7.03. The molecule has 0 spiro atoms. The van der Waals surface area contributed by atoms with E-state index in [9.17, 15) is 9.59 Å². The number of carbonyl (C=O) groups is 2. The third-order valence-electron chi connectivity index (χ3n) is 7.89. The van der Waals surface area contributed by atoms with E-state index >= 15 is 0 Å². The number of amides is 2. The van der Waals surface area contributed by atoms with Crippen LogP contribution >= 0.6 is 12.2 Å². The summed E-state index contributed by atoms with van der Waals surface area (Å²) in [5.74, 6) is -0.272. The molecule has 2 fully saturated rings. The zero-order valence-electron chi connectivity index (χ0n) is 23.0. The van der Waals surface area contributed by atoms with Crippen molar-refractivity contribution >= 4 is 40.5 Å². The summed E-state index contributed by atoms with van der Waals surface area (Å²) in [4.78, 5) is 38.2. The van der Waals surface area contributed by atoms with Gasteiger partial charge in [0.25, 0.3) is 0 Å². The van der Waals surface area contributed by atoms with E-state index in [2.05, 4.69) is 27.8 Å². The first-order valence-corrected chi connectivity index (χ1v) is 14.2. The molecule has 1 aromatic heterocycles. The first-order chi connectivity index (χ1) is 19.4. The first-order valence-electron chi connectivity index (χ1n) is 13.7. The van der Waals surface area contributed by atoms with Crippen LogP contribution in [-0.2, 0) is 16.1 Å². The average Bonchev–Trinajstić information content (AvgIpc) is 3.61. The lowest BCUT2D eigenvalue weighted by atomic mass is 9.92. The summed E-state index contributed by atoms with van der Waals surface area (Å²) in [5.41, 5.74) is 2.81. The highest BCUT2D eigenvalue weighted by atomic mass is 32.1. The van der Waals surface area contributed by atoms with E-state index in [-0.39, 0.29) is 24.4 Å². The Morgan fingerprint density at radius 3 is 2.42 bits per heavy atom. The zero-order valence-corrected chi connectivity index (χ0v) is 23.9. The molecular formula is C31H36N6O2S. The minimum atomic E-state index is -0.958. The molecule has 2 amide bonds. The molecule has 2 aromatic carbocycles. The number of nitrogens with one attached hydrogen (secondary N) is 2. The quantitative estimate of drug-likeness (QED) is 0.379. The van der Waals surface area contributed by atoms with E-state index in [1.807, 2.05) is 78.5 Å². The summed E-state index contributed by atoms with van der Waals surface area (Å²) < 4.78 is 0. The Hall–Kier alpha value is -3.98. The van der Waals surface area contributed by atoms with Crippen LogP contribution in [0, 0.1) is 0 Å². The van der Waals surface area contributed by atoms with Gasteiger partial charge in [-0.3, -0.25) is 14.6 Å². The van der Waals surface area contributed by atoms with Gasteiger partial charge in [0.1, 0.15) is 5.54 Å². The number of aromatic nitrogens is 1. The molecule has 1 saturated carbocycles. The number of anilines is 2. The molecule has 0 bridgehead atoms. The molecule has 1 saturated heterocycles. The second-order valence-electron chi connectivity index (χ2n) is 10.8. The maximum Gasteiger partial charge on any atom is 0.250 e. The number of rotatable bonds is 9. The lowest BCUT2D eigenvalue weighted by Crippen LogP contribution is -2.59. The van der Waals surface area contributed by atoms with Gasteiger partial charge in [-0.25, -0.2) is 0 Å². The molecule has 5 rings (SSSR count). The van der Waals surface area contributed by atoms with Gasteiger partial charge < -0.3 is 25.3 Å². The molecule has 0 radical (unpaired) electrons. The average molecular weight is 557 g/mol. The highest BCUT2D eigenvalue weighted by Gasteiger charge is 2.49. The van der Waals surface area contributed by atoms with Crippen molar-refractivity contribution in [2.75, 3.05) is 37.4 Å². The maximum atomic E-state index is 14.2. The number of benzene rings is 2. The highest BCUT2D eigenvalue weighted by Crippen LogP contribution is 2.38. The van der Waals surface area contributed by atoms with Crippen molar-refractivity contribution in [2.45, 2.75) is 43.8 Å². The molecule has 1 atom stereocenters. The summed E-state index contributed by atoms with van der Waals surface area (Å²) in [6.45, 7) is 0.991. The van der Waals surface area contributed by atoms with Crippen molar-refractivity contribution < 1.29 is 9.59 Å². The monoisotopic (exact) mass is 556 g/mol. The Morgan fingerprint density at radius 2 is 1.77 bits per heavy atom. The fraction of sp³-hybridized carbons (Fsp3) is 0.355. The van der Waals surface area contributed by atoms with Crippen LogP contribution in [0.25, 0.3) is 0 Å². The van der Waals surface area contributed by atoms with Gasteiger partial charge in [-0.05, 0) is 66.5 Å². The molecule has 1 aliphatic carbocycles. The van der Waals surface area contributed by atoms with E-state index in [1.54, 1.807) is 17.3 Å². The molecule has 2 N–H and O–H groups in total. The Balaban J connectivity index is 1.39. The van der Waals surface area contributed by atoms with Gasteiger partial charge >= 0.3 is 0 Å². The minimum Gasteiger partial charge on any atom is -0.378 e. The van der Waals surface area contributed by atoms with E-state index in [0.717, 1.165) is 29.7 Å². The maximum absolute atomic E-state index is 14.2. The molecule has 3 aromatic rings. The van der Waals surface area contributed by atoms with Crippen molar-refractivity contribution in [3.63, 3.8) is 0 Å². The molecule has 9 heteroatoms. The van der Waals surface area contributed by atoms with E-state index in [4.69, 9.17) is 12.2 Å². The van der Waals surface area contributed by atoms with Crippen molar-refractivity contribution in [1.29, 1.82) is 0 Å². The van der Waals surface area contributed by atoms with Gasteiger partial charge in [0, 0.05) is 51.0 Å².